The molecular formula is C19H24N4O. The Hall–Kier alpha value is -2.43. The molecule has 0 unspecified atom stereocenters. The van der Waals surface area contributed by atoms with E-state index in [1.54, 1.807) is 30.5 Å². The lowest BCUT2D eigenvalue weighted by Gasteiger charge is -2.27. The first-order chi connectivity index (χ1) is 11.6. The molecule has 24 heavy (non-hydrogen) atoms. The van der Waals surface area contributed by atoms with E-state index in [1.165, 1.54) is 17.5 Å². The smallest absolute Gasteiger partial charge is 0.317 e. The summed E-state index contributed by atoms with van der Waals surface area (Å²) in [5.41, 5.74) is 3.39. The fourth-order valence-electron chi connectivity index (χ4n) is 3.34. The first kappa shape index (κ1) is 16.4. The summed E-state index contributed by atoms with van der Waals surface area (Å²) in [5.74, 6) is 0.419. The second kappa shape index (κ2) is 7.43. The maximum absolute atomic E-state index is 12.6. The second-order valence-electron chi connectivity index (χ2n) is 6.55. The molecule has 1 N–H and O–H groups in total. The van der Waals surface area contributed by atoms with Crippen LogP contribution in [0.2, 0.25) is 0 Å². The fraction of sp³-hybridized carbons (Fsp3) is 0.421. The highest BCUT2D eigenvalue weighted by Gasteiger charge is 2.27. The molecule has 1 aliphatic carbocycles. The van der Waals surface area contributed by atoms with E-state index in [1.807, 2.05) is 0 Å². The zero-order valence-corrected chi connectivity index (χ0v) is 14.3. The van der Waals surface area contributed by atoms with Crippen molar-refractivity contribution in [3.05, 3.63) is 59.7 Å². The quantitative estimate of drug-likeness (QED) is 0.881. The Bertz CT molecular complexity index is 689. The van der Waals surface area contributed by atoms with Crippen LogP contribution in [0.3, 0.4) is 0 Å². The summed E-state index contributed by atoms with van der Waals surface area (Å²) in [6.07, 6.45) is 8.33. The van der Waals surface area contributed by atoms with Gasteiger partial charge in [0, 0.05) is 19.4 Å². The Labute approximate surface area is 143 Å². The summed E-state index contributed by atoms with van der Waals surface area (Å²) in [6.45, 7) is 2.66. The minimum Gasteiger partial charge on any atom is -0.331 e. The first-order valence-electron chi connectivity index (χ1n) is 8.49. The van der Waals surface area contributed by atoms with Crippen molar-refractivity contribution in [1.82, 2.24) is 20.2 Å². The molecule has 3 rings (SSSR count). The third-order valence-electron chi connectivity index (χ3n) is 4.71. The van der Waals surface area contributed by atoms with Gasteiger partial charge in [-0.1, -0.05) is 31.2 Å². The number of carbonyl (C=O) groups excluding carboxylic acids is 1. The Morgan fingerprint density at radius 3 is 2.96 bits per heavy atom. The fourth-order valence-corrected chi connectivity index (χ4v) is 3.34. The van der Waals surface area contributed by atoms with Crippen LogP contribution in [0.25, 0.3) is 0 Å². The summed E-state index contributed by atoms with van der Waals surface area (Å²) >= 11 is 0. The van der Waals surface area contributed by atoms with Crippen molar-refractivity contribution in [2.75, 3.05) is 7.05 Å². The molecule has 2 amide bonds. The minimum absolute atomic E-state index is 0.0560. The maximum atomic E-state index is 12.6. The van der Waals surface area contributed by atoms with Crippen molar-refractivity contribution < 1.29 is 4.79 Å². The summed E-state index contributed by atoms with van der Waals surface area (Å²) < 4.78 is 0. The Morgan fingerprint density at radius 2 is 2.17 bits per heavy atom. The number of aryl methyl sites for hydroxylation is 1. The van der Waals surface area contributed by atoms with Gasteiger partial charge in [0.15, 0.2) is 0 Å². The first-order valence-corrected chi connectivity index (χ1v) is 8.49. The molecular weight excluding hydrogens is 300 g/mol. The average molecular weight is 324 g/mol. The van der Waals surface area contributed by atoms with Crippen LogP contribution in [0, 0.1) is 5.92 Å². The number of benzene rings is 1. The maximum Gasteiger partial charge on any atom is 0.317 e. The van der Waals surface area contributed by atoms with Crippen LogP contribution in [0.4, 0.5) is 4.79 Å². The highest BCUT2D eigenvalue weighted by atomic mass is 16.2. The third-order valence-corrected chi connectivity index (χ3v) is 4.71. The molecule has 5 heteroatoms. The van der Waals surface area contributed by atoms with Crippen LogP contribution in [0.15, 0.2) is 42.9 Å². The normalized spacial score (nSPS) is 19.9. The van der Waals surface area contributed by atoms with Crippen molar-refractivity contribution in [1.29, 1.82) is 0 Å². The van der Waals surface area contributed by atoms with Crippen LogP contribution in [-0.2, 0) is 13.0 Å². The zero-order valence-electron chi connectivity index (χ0n) is 14.3. The number of hydrogen-bond acceptors (Lipinski definition) is 3. The number of nitrogens with zero attached hydrogens (tertiary/aromatic N) is 3. The van der Waals surface area contributed by atoms with Gasteiger partial charge in [-0.05, 0) is 36.3 Å². The molecule has 2 atom stereocenters. The summed E-state index contributed by atoms with van der Waals surface area (Å²) in [6, 6.07) is 8.43. The van der Waals surface area contributed by atoms with Crippen molar-refractivity contribution in [3.63, 3.8) is 0 Å². The molecule has 0 fully saturated rings. The minimum atomic E-state index is -0.0748. The predicted molar refractivity (Wildman–Crippen MR) is 93.3 cm³/mol. The number of hydrogen-bond donors (Lipinski definition) is 1. The lowest BCUT2D eigenvalue weighted by atomic mass is 9.92. The number of rotatable bonds is 3. The molecule has 0 saturated heterocycles. The second-order valence-corrected chi connectivity index (χ2v) is 6.55. The zero-order chi connectivity index (χ0) is 16.9. The van der Waals surface area contributed by atoms with E-state index in [0.29, 0.717) is 12.5 Å². The average Bonchev–Trinajstić information content (AvgIpc) is 2.75. The number of urea groups is 1. The lowest BCUT2D eigenvalue weighted by molar-refractivity contribution is 0.197. The van der Waals surface area contributed by atoms with Gasteiger partial charge in [-0.3, -0.25) is 9.97 Å². The molecule has 1 aromatic heterocycles. The monoisotopic (exact) mass is 324 g/mol. The Balaban J connectivity index is 1.73. The van der Waals surface area contributed by atoms with Crippen LogP contribution in [0.5, 0.6) is 0 Å². The molecule has 0 saturated carbocycles. The molecule has 1 aromatic carbocycles. The van der Waals surface area contributed by atoms with Gasteiger partial charge in [0.1, 0.15) is 0 Å². The summed E-state index contributed by atoms with van der Waals surface area (Å²) in [7, 11) is 1.79. The van der Waals surface area contributed by atoms with E-state index < -0.39 is 0 Å². The highest BCUT2D eigenvalue weighted by Crippen LogP contribution is 2.33. The molecule has 1 aliphatic rings. The van der Waals surface area contributed by atoms with E-state index in [4.69, 9.17) is 0 Å². The third kappa shape index (κ3) is 3.72. The Kier molecular flexibility index (Phi) is 5.08. The topological polar surface area (TPSA) is 58.1 Å². The van der Waals surface area contributed by atoms with E-state index in [2.05, 4.69) is 46.5 Å². The molecule has 1 heterocycles. The largest absolute Gasteiger partial charge is 0.331 e. The summed E-state index contributed by atoms with van der Waals surface area (Å²) in [4.78, 5) is 22.6. The van der Waals surface area contributed by atoms with Gasteiger partial charge < -0.3 is 10.2 Å². The van der Waals surface area contributed by atoms with E-state index in [0.717, 1.165) is 18.5 Å². The van der Waals surface area contributed by atoms with Gasteiger partial charge >= 0.3 is 6.03 Å². The predicted octanol–water partition coefficient (Wildman–Crippen LogP) is 3.33. The molecule has 2 aromatic rings. The molecule has 0 bridgehead atoms. The van der Waals surface area contributed by atoms with Crippen LogP contribution < -0.4 is 5.32 Å². The van der Waals surface area contributed by atoms with Crippen molar-refractivity contribution >= 4 is 6.03 Å². The highest BCUT2D eigenvalue weighted by molar-refractivity contribution is 5.74. The Morgan fingerprint density at radius 1 is 1.33 bits per heavy atom. The lowest BCUT2D eigenvalue weighted by Crippen LogP contribution is -2.41. The van der Waals surface area contributed by atoms with Gasteiger partial charge in [-0.25, -0.2) is 4.79 Å². The van der Waals surface area contributed by atoms with Crippen LogP contribution in [0.1, 0.15) is 42.6 Å². The molecule has 5 nitrogen and oxygen atoms in total. The summed E-state index contributed by atoms with van der Waals surface area (Å²) in [5, 5.41) is 3.22. The van der Waals surface area contributed by atoms with Crippen molar-refractivity contribution in [3.8, 4) is 0 Å². The van der Waals surface area contributed by atoms with E-state index >= 15 is 0 Å². The van der Waals surface area contributed by atoms with Crippen LogP contribution in [-0.4, -0.2) is 27.9 Å². The SMILES string of the molecule is C[C@H]1CCCc2ccccc2[C@H]1NC(=O)N(C)Cc1cnccn1. The standard InChI is InChI=1S/C19H24N4O/c1-14-6-5-8-15-7-3-4-9-17(15)18(14)22-19(24)23(2)13-16-12-20-10-11-21-16/h3-4,7,9-12,14,18H,5-6,8,13H2,1-2H3,(H,22,24)/t14-,18-/m0/s1. The number of nitrogens with one attached hydrogen (secondary N) is 1. The number of aromatic nitrogens is 2. The number of fused-ring (bicyclic) bond motifs is 1. The van der Waals surface area contributed by atoms with E-state index in [9.17, 15) is 4.79 Å². The molecule has 126 valence electrons. The van der Waals surface area contributed by atoms with Gasteiger partial charge in [-0.15, -0.1) is 0 Å². The molecule has 0 aliphatic heterocycles. The van der Waals surface area contributed by atoms with Gasteiger partial charge in [0.25, 0.3) is 0 Å². The van der Waals surface area contributed by atoms with Crippen molar-refractivity contribution in [2.24, 2.45) is 5.92 Å². The van der Waals surface area contributed by atoms with E-state index in [-0.39, 0.29) is 12.1 Å². The number of amides is 2. The van der Waals surface area contributed by atoms with Gasteiger partial charge in [0.05, 0.1) is 24.5 Å². The van der Waals surface area contributed by atoms with Crippen molar-refractivity contribution in [2.45, 2.75) is 38.8 Å². The van der Waals surface area contributed by atoms with Gasteiger partial charge in [-0.2, -0.15) is 0 Å². The molecule has 0 spiro atoms. The molecule has 0 radical (unpaired) electrons. The van der Waals surface area contributed by atoms with Crippen LogP contribution >= 0.6 is 0 Å². The number of carbonyl (C=O) groups is 1. The van der Waals surface area contributed by atoms with Gasteiger partial charge in [0.2, 0.25) is 0 Å².